The van der Waals surface area contributed by atoms with Gasteiger partial charge in [-0.05, 0) is 50.3 Å². The summed E-state index contributed by atoms with van der Waals surface area (Å²) >= 11 is 6.46. The number of Topliss-reactive ketones (excluding diaryl/α,β-unsaturated/α-hetero) is 1. The smallest absolute Gasteiger partial charge is 0.227 e. The van der Waals surface area contributed by atoms with Crippen LogP contribution in [0.1, 0.15) is 57.9 Å². The fraction of sp³-hybridized carbons (Fsp3) is 0.542. The molecular weight excluding hydrogens is 412 g/mol. The maximum Gasteiger partial charge on any atom is 0.227 e. The fourth-order valence-electron chi connectivity index (χ4n) is 4.57. The summed E-state index contributed by atoms with van der Waals surface area (Å²) < 4.78 is 6.22. The highest BCUT2D eigenvalue weighted by Gasteiger charge is 2.29. The Labute approximate surface area is 189 Å². The molecule has 4 rings (SSSR count). The van der Waals surface area contributed by atoms with E-state index in [9.17, 15) is 4.79 Å². The highest BCUT2D eigenvalue weighted by atomic mass is 35.5. The van der Waals surface area contributed by atoms with Crippen LogP contribution in [0.25, 0.3) is 0 Å². The first-order valence-corrected chi connectivity index (χ1v) is 11.6. The predicted molar refractivity (Wildman–Crippen MR) is 124 cm³/mol. The lowest BCUT2D eigenvalue weighted by Gasteiger charge is -2.24. The van der Waals surface area contributed by atoms with Gasteiger partial charge in [-0.25, -0.2) is 4.98 Å². The van der Waals surface area contributed by atoms with Crippen molar-refractivity contribution in [2.24, 2.45) is 0 Å². The number of ether oxygens (including phenoxy) is 1. The molecule has 0 radical (unpaired) electrons. The summed E-state index contributed by atoms with van der Waals surface area (Å²) in [7, 11) is 0. The normalized spacial score (nSPS) is 22.1. The summed E-state index contributed by atoms with van der Waals surface area (Å²) in [5.74, 6) is 2.85. The number of anilines is 2. The van der Waals surface area contributed by atoms with Gasteiger partial charge in [0.25, 0.3) is 0 Å². The molecule has 0 amide bonds. The zero-order chi connectivity index (χ0) is 22.0. The molecule has 2 saturated heterocycles. The average molecular weight is 443 g/mol. The van der Waals surface area contributed by atoms with E-state index in [2.05, 4.69) is 40.8 Å². The molecule has 0 spiro atoms. The third-order valence-corrected chi connectivity index (χ3v) is 6.58. The van der Waals surface area contributed by atoms with Crippen molar-refractivity contribution < 1.29 is 9.53 Å². The SMILES string of the molecule is CC(=O)C[C@@H](C)c1ccc(O[C@@H]2CCN(c3nc(N4CCCC4C)ncc3Cl)C2)cc1. The molecular formula is C24H31ClN4O2. The maximum absolute atomic E-state index is 11.4. The van der Waals surface area contributed by atoms with E-state index in [1.807, 2.05) is 12.1 Å². The minimum atomic E-state index is 0.0840. The summed E-state index contributed by atoms with van der Waals surface area (Å²) in [5.41, 5.74) is 1.16. The van der Waals surface area contributed by atoms with Crippen molar-refractivity contribution in [1.82, 2.24) is 9.97 Å². The Hall–Kier alpha value is -2.34. The van der Waals surface area contributed by atoms with Gasteiger partial charge >= 0.3 is 0 Å². The molecule has 6 nitrogen and oxygen atoms in total. The predicted octanol–water partition coefficient (Wildman–Crippen LogP) is 4.86. The van der Waals surface area contributed by atoms with Gasteiger partial charge in [0, 0.05) is 32.0 Å². The zero-order valence-electron chi connectivity index (χ0n) is 18.6. The Morgan fingerprint density at radius 2 is 2.03 bits per heavy atom. The van der Waals surface area contributed by atoms with Crippen LogP contribution in [0, 0.1) is 0 Å². The number of ketones is 1. The van der Waals surface area contributed by atoms with Gasteiger partial charge in [-0.1, -0.05) is 30.7 Å². The van der Waals surface area contributed by atoms with Gasteiger partial charge in [0.2, 0.25) is 5.95 Å². The van der Waals surface area contributed by atoms with Gasteiger partial charge in [0.05, 0.1) is 12.7 Å². The first-order valence-electron chi connectivity index (χ1n) is 11.2. The molecule has 0 N–H and O–H groups in total. The lowest BCUT2D eigenvalue weighted by Crippen LogP contribution is -2.30. The van der Waals surface area contributed by atoms with E-state index in [1.54, 1.807) is 13.1 Å². The molecule has 31 heavy (non-hydrogen) atoms. The van der Waals surface area contributed by atoms with Crippen LogP contribution in [0.15, 0.2) is 30.5 Å². The molecule has 2 aliphatic rings. The largest absolute Gasteiger partial charge is 0.489 e. The van der Waals surface area contributed by atoms with Crippen LogP contribution in [0.5, 0.6) is 5.75 Å². The van der Waals surface area contributed by atoms with E-state index in [1.165, 1.54) is 12.8 Å². The molecule has 7 heteroatoms. The number of hydrogen-bond acceptors (Lipinski definition) is 6. The molecule has 0 bridgehead atoms. The van der Waals surface area contributed by atoms with Crippen LogP contribution in [0.2, 0.25) is 5.02 Å². The van der Waals surface area contributed by atoms with Crippen LogP contribution in [0.3, 0.4) is 0 Å². The molecule has 2 aliphatic heterocycles. The van der Waals surface area contributed by atoms with E-state index in [0.717, 1.165) is 49.1 Å². The standard InChI is InChI=1S/C24H31ClN4O2/c1-16(13-18(3)30)19-6-8-20(9-7-19)31-21-10-12-28(15-21)23-22(25)14-26-24(27-23)29-11-4-5-17(29)2/h6-9,14,16-17,21H,4-5,10-13,15H2,1-3H3/t16-,17?,21-/m1/s1. The molecule has 2 aromatic rings. The van der Waals surface area contributed by atoms with Crippen LogP contribution in [-0.2, 0) is 4.79 Å². The van der Waals surface area contributed by atoms with Crippen LogP contribution in [-0.4, -0.2) is 47.5 Å². The molecule has 3 heterocycles. The molecule has 3 atom stereocenters. The van der Waals surface area contributed by atoms with Crippen molar-refractivity contribution in [3.8, 4) is 5.75 Å². The van der Waals surface area contributed by atoms with Gasteiger partial charge in [0.15, 0.2) is 5.82 Å². The van der Waals surface area contributed by atoms with Gasteiger partial charge < -0.3 is 19.3 Å². The Bertz CT molecular complexity index is 920. The van der Waals surface area contributed by atoms with Gasteiger partial charge in [-0.3, -0.25) is 0 Å². The third kappa shape index (κ3) is 5.12. The topological polar surface area (TPSA) is 58.6 Å². The second-order valence-corrected chi connectivity index (χ2v) is 9.28. The highest BCUT2D eigenvalue weighted by molar-refractivity contribution is 6.32. The molecule has 1 aromatic heterocycles. The summed E-state index contributed by atoms with van der Waals surface area (Å²) in [4.78, 5) is 25.1. The van der Waals surface area contributed by atoms with Crippen LogP contribution >= 0.6 is 11.6 Å². The van der Waals surface area contributed by atoms with Crippen molar-refractivity contribution in [2.75, 3.05) is 29.4 Å². The quantitative estimate of drug-likeness (QED) is 0.610. The summed E-state index contributed by atoms with van der Waals surface area (Å²) in [5, 5.41) is 0.583. The van der Waals surface area contributed by atoms with E-state index in [4.69, 9.17) is 21.3 Å². The Balaban J connectivity index is 1.39. The molecule has 166 valence electrons. The lowest BCUT2D eigenvalue weighted by atomic mass is 9.96. The minimum Gasteiger partial charge on any atom is -0.489 e. The van der Waals surface area contributed by atoms with Crippen molar-refractivity contribution in [1.29, 1.82) is 0 Å². The van der Waals surface area contributed by atoms with Crippen molar-refractivity contribution in [3.05, 3.63) is 41.0 Å². The van der Waals surface area contributed by atoms with Crippen LogP contribution in [0.4, 0.5) is 11.8 Å². The fourth-order valence-corrected chi connectivity index (χ4v) is 4.78. The Morgan fingerprint density at radius 1 is 1.26 bits per heavy atom. The second kappa shape index (κ2) is 9.43. The number of aromatic nitrogens is 2. The monoisotopic (exact) mass is 442 g/mol. The molecule has 2 fully saturated rings. The second-order valence-electron chi connectivity index (χ2n) is 8.88. The summed E-state index contributed by atoms with van der Waals surface area (Å²) in [6.45, 7) is 8.52. The lowest BCUT2D eigenvalue weighted by molar-refractivity contribution is -0.117. The zero-order valence-corrected chi connectivity index (χ0v) is 19.3. The third-order valence-electron chi connectivity index (χ3n) is 6.31. The summed E-state index contributed by atoms with van der Waals surface area (Å²) in [6, 6.07) is 8.57. The Morgan fingerprint density at radius 3 is 2.71 bits per heavy atom. The molecule has 1 unspecified atom stereocenters. The van der Waals surface area contributed by atoms with E-state index >= 15 is 0 Å². The van der Waals surface area contributed by atoms with E-state index in [0.29, 0.717) is 17.5 Å². The number of benzene rings is 1. The number of carbonyl (C=O) groups is 1. The minimum absolute atomic E-state index is 0.0840. The number of nitrogens with zero attached hydrogens (tertiary/aromatic N) is 4. The molecule has 1 aromatic carbocycles. The van der Waals surface area contributed by atoms with Crippen LogP contribution < -0.4 is 14.5 Å². The highest BCUT2D eigenvalue weighted by Crippen LogP contribution is 2.31. The van der Waals surface area contributed by atoms with Crippen molar-refractivity contribution >= 4 is 29.2 Å². The Kier molecular flexibility index (Phi) is 6.65. The van der Waals surface area contributed by atoms with Crippen molar-refractivity contribution in [2.45, 2.75) is 64.5 Å². The molecule has 0 aliphatic carbocycles. The van der Waals surface area contributed by atoms with E-state index < -0.39 is 0 Å². The first kappa shape index (κ1) is 21.9. The van der Waals surface area contributed by atoms with Gasteiger partial charge in [-0.2, -0.15) is 4.98 Å². The van der Waals surface area contributed by atoms with Gasteiger partial charge in [0.1, 0.15) is 22.7 Å². The maximum atomic E-state index is 11.4. The first-order chi connectivity index (χ1) is 14.9. The average Bonchev–Trinajstić information content (AvgIpc) is 3.37. The van der Waals surface area contributed by atoms with E-state index in [-0.39, 0.29) is 17.8 Å². The molecule has 0 saturated carbocycles. The number of rotatable bonds is 7. The number of carbonyl (C=O) groups excluding carboxylic acids is 1. The summed E-state index contributed by atoms with van der Waals surface area (Å²) in [6.07, 6.45) is 5.63. The number of halogens is 1. The number of hydrogen-bond donors (Lipinski definition) is 0. The van der Waals surface area contributed by atoms with Crippen molar-refractivity contribution in [3.63, 3.8) is 0 Å². The van der Waals surface area contributed by atoms with Gasteiger partial charge in [-0.15, -0.1) is 0 Å².